The van der Waals surface area contributed by atoms with Gasteiger partial charge in [-0.15, -0.1) is 0 Å². The van der Waals surface area contributed by atoms with Gasteiger partial charge in [-0.3, -0.25) is 4.79 Å². The second-order valence-corrected chi connectivity index (χ2v) is 5.72. The highest BCUT2D eigenvalue weighted by atomic mass is 16.6. The smallest absolute Gasteiger partial charge is 0.251 e. The summed E-state index contributed by atoms with van der Waals surface area (Å²) in [6, 6.07) is 12.6. The van der Waals surface area contributed by atoms with Gasteiger partial charge in [-0.2, -0.15) is 0 Å². The van der Waals surface area contributed by atoms with Crippen LogP contribution in [0.25, 0.3) is 0 Å². The van der Waals surface area contributed by atoms with Crippen LogP contribution in [-0.4, -0.2) is 25.7 Å². The van der Waals surface area contributed by atoms with E-state index < -0.39 is 0 Å². The maximum Gasteiger partial charge on any atom is 0.251 e. The molecule has 25 heavy (non-hydrogen) atoms. The van der Waals surface area contributed by atoms with Gasteiger partial charge in [0, 0.05) is 5.56 Å². The summed E-state index contributed by atoms with van der Waals surface area (Å²) in [7, 11) is 0. The van der Waals surface area contributed by atoms with Gasteiger partial charge in [-0.1, -0.05) is 18.7 Å². The van der Waals surface area contributed by atoms with Gasteiger partial charge in [0.2, 0.25) is 0 Å². The van der Waals surface area contributed by atoms with Crippen molar-refractivity contribution in [1.29, 1.82) is 0 Å². The van der Waals surface area contributed by atoms with Crippen LogP contribution in [0.15, 0.2) is 55.1 Å². The molecule has 5 nitrogen and oxygen atoms in total. The van der Waals surface area contributed by atoms with Crippen LogP contribution < -0.4 is 19.5 Å². The summed E-state index contributed by atoms with van der Waals surface area (Å²) in [5, 5.41) is 2.99. The molecule has 1 aliphatic rings. The first-order chi connectivity index (χ1) is 12.2. The predicted octanol–water partition coefficient (Wildman–Crippen LogP) is 3.51. The quantitative estimate of drug-likeness (QED) is 0.818. The van der Waals surface area contributed by atoms with Crippen LogP contribution >= 0.6 is 0 Å². The van der Waals surface area contributed by atoms with Crippen molar-refractivity contribution in [2.24, 2.45) is 0 Å². The molecule has 0 aliphatic carbocycles. The third-order valence-electron chi connectivity index (χ3n) is 3.90. The van der Waals surface area contributed by atoms with E-state index in [2.05, 4.69) is 11.9 Å². The van der Waals surface area contributed by atoms with E-state index in [9.17, 15) is 4.79 Å². The number of hydrogen-bond donors (Lipinski definition) is 1. The maximum atomic E-state index is 12.4. The third kappa shape index (κ3) is 4.12. The van der Waals surface area contributed by atoms with Crippen LogP contribution in [0.1, 0.15) is 28.9 Å². The number of rotatable bonds is 6. The maximum absolute atomic E-state index is 12.4. The van der Waals surface area contributed by atoms with Crippen LogP contribution in [0.4, 0.5) is 0 Å². The molecule has 1 aliphatic heterocycles. The van der Waals surface area contributed by atoms with Crippen molar-refractivity contribution >= 4 is 5.91 Å². The SMILES string of the molecule is C=CCOc1ccc(C(=O)N[C@@H](C)c2ccc3c(c2)OCCO3)cc1. The van der Waals surface area contributed by atoms with E-state index in [4.69, 9.17) is 14.2 Å². The highest BCUT2D eigenvalue weighted by molar-refractivity contribution is 5.94. The lowest BCUT2D eigenvalue weighted by Gasteiger charge is -2.21. The molecule has 5 heteroatoms. The van der Waals surface area contributed by atoms with Crippen molar-refractivity contribution in [2.75, 3.05) is 19.8 Å². The van der Waals surface area contributed by atoms with Crippen LogP contribution in [0.2, 0.25) is 0 Å². The molecule has 0 fully saturated rings. The Morgan fingerprint density at radius 2 is 1.92 bits per heavy atom. The molecule has 2 aromatic rings. The van der Waals surface area contributed by atoms with E-state index in [0.29, 0.717) is 36.9 Å². The normalized spacial score (nSPS) is 13.6. The molecule has 0 unspecified atom stereocenters. The molecular weight excluding hydrogens is 318 g/mol. The fourth-order valence-electron chi connectivity index (χ4n) is 2.55. The van der Waals surface area contributed by atoms with E-state index in [1.807, 2.05) is 25.1 Å². The summed E-state index contributed by atoms with van der Waals surface area (Å²) in [5.74, 6) is 2.02. The number of ether oxygens (including phenoxy) is 3. The van der Waals surface area contributed by atoms with E-state index in [-0.39, 0.29) is 11.9 Å². The lowest BCUT2D eigenvalue weighted by atomic mass is 10.1. The summed E-state index contributed by atoms with van der Waals surface area (Å²) >= 11 is 0. The zero-order chi connectivity index (χ0) is 17.6. The van der Waals surface area contributed by atoms with E-state index in [1.165, 1.54) is 0 Å². The van der Waals surface area contributed by atoms with Gasteiger partial charge in [-0.05, 0) is 48.9 Å². The average Bonchev–Trinajstić information content (AvgIpc) is 2.66. The highest BCUT2D eigenvalue weighted by Crippen LogP contribution is 2.32. The first-order valence-electron chi connectivity index (χ1n) is 8.21. The Kier molecular flexibility index (Phi) is 5.23. The van der Waals surface area contributed by atoms with Crippen molar-refractivity contribution in [3.63, 3.8) is 0 Å². The molecule has 0 saturated heterocycles. The van der Waals surface area contributed by atoms with Crippen LogP contribution in [0, 0.1) is 0 Å². The molecule has 0 radical (unpaired) electrons. The molecule has 0 spiro atoms. The Morgan fingerprint density at radius 1 is 1.20 bits per heavy atom. The predicted molar refractivity (Wildman–Crippen MR) is 95.4 cm³/mol. The molecule has 3 rings (SSSR count). The first kappa shape index (κ1) is 16.9. The Balaban J connectivity index is 1.64. The number of carbonyl (C=O) groups excluding carboxylic acids is 1. The van der Waals surface area contributed by atoms with Gasteiger partial charge >= 0.3 is 0 Å². The summed E-state index contributed by atoms with van der Waals surface area (Å²) in [6.45, 7) is 7.08. The second-order valence-electron chi connectivity index (χ2n) is 5.72. The highest BCUT2D eigenvalue weighted by Gasteiger charge is 2.16. The van der Waals surface area contributed by atoms with Crippen molar-refractivity contribution in [2.45, 2.75) is 13.0 Å². The van der Waals surface area contributed by atoms with Crippen molar-refractivity contribution in [1.82, 2.24) is 5.32 Å². The Labute approximate surface area is 147 Å². The standard InChI is InChI=1S/C20H21NO4/c1-3-10-23-17-7-4-15(5-8-17)20(22)21-14(2)16-6-9-18-19(13-16)25-12-11-24-18/h3-9,13-14H,1,10-12H2,2H3,(H,21,22)/t14-/m0/s1. The van der Waals surface area contributed by atoms with Crippen LogP contribution in [0.5, 0.6) is 17.2 Å². The Morgan fingerprint density at radius 3 is 2.64 bits per heavy atom. The second kappa shape index (κ2) is 7.75. The molecule has 0 aromatic heterocycles. The summed E-state index contributed by atoms with van der Waals surface area (Å²) in [4.78, 5) is 12.4. The van der Waals surface area contributed by atoms with Crippen LogP contribution in [0.3, 0.4) is 0 Å². The minimum atomic E-state index is -0.153. The molecule has 0 saturated carbocycles. The monoisotopic (exact) mass is 339 g/mol. The van der Waals surface area contributed by atoms with E-state index in [1.54, 1.807) is 30.3 Å². The number of benzene rings is 2. The molecule has 1 N–H and O–H groups in total. The fraction of sp³-hybridized carbons (Fsp3) is 0.250. The van der Waals surface area contributed by atoms with Gasteiger partial charge in [-0.25, -0.2) is 0 Å². The number of nitrogens with one attached hydrogen (secondary N) is 1. The van der Waals surface area contributed by atoms with E-state index in [0.717, 1.165) is 11.3 Å². The fourth-order valence-corrected chi connectivity index (χ4v) is 2.55. The summed E-state index contributed by atoms with van der Waals surface area (Å²) in [5.41, 5.74) is 1.54. The van der Waals surface area contributed by atoms with Gasteiger partial charge in [0.15, 0.2) is 11.5 Å². The lowest BCUT2D eigenvalue weighted by molar-refractivity contribution is 0.0939. The molecule has 1 heterocycles. The topological polar surface area (TPSA) is 56.8 Å². The lowest BCUT2D eigenvalue weighted by Crippen LogP contribution is -2.26. The van der Waals surface area contributed by atoms with Crippen molar-refractivity contribution in [3.05, 3.63) is 66.2 Å². The summed E-state index contributed by atoms with van der Waals surface area (Å²) in [6.07, 6.45) is 1.68. The molecule has 2 aromatic carbocycles. The van der Waals surface area contributed by atoms with E-state index >= 15 is 0 Å². The molecule has 1 atom stereocenters. The zero-order valence-electron chi connectivity index (χ0n) is 14.2. The minimum absolute atomic E-state index is 0.141. The van der Waals surface area contributed by atoms with Gasteiger partial charge in [0.25, 0.3) is 5.91 Å². The zero-order valence-corrected chi connectivity index (χ0v) is 14.2. The Bertz CT molecular complexity index is 755. The van der Waals surface area contributed by atoms with Gasteiger partial charge in [0.05, 0.1) is 6.04 Å². The third-order valence-corrected chi connectivity index (χ3v) is 3.90. The van der Waals surface area contributed by atoms with Crippen molar-refractivity contribution in [3.8, 4) is 17.2 Å². The first-order valence-corrected chi connectivity index (χ1v) is 8.21. The number of hydrogen-bond acceptors (Lipinski definition) is 4. The number of amides is 1. The molecule has 1 amide bonds. The summed E-state index contributed by atoms with van der Waals surface area (Å²) < 4.78 is 16.5. The minimum Gasteiger partial charge on any atom is -0.490 e. The van der Waals surface area contributed by atoms with Gasteiger partial charge < -0.3 is 19.5 Å². The largest absolute Gasteiger partial charge is 0.490 e. The van der Waals surface area contributed by atoms with Crippen LogP contribution in [-0.2, 0) is 0 Å². The van der Waals surface area contributed by atoms with Crippen molar-refractivity contribution < 1.29 is 19.0 Å². The number of fused-ring (bicyclic) bond motifs is 1. The molecule has 130 valence electrons. The Hall–Kier alpha value is -2.95. The molecule has 0 bridgehead atoms. The average molecular weight is 339 g/mol. The number of carbonyl (C=O) groups is 1. The van der Waals surface area contributed by atoms with Gasteiger partial charge in [0.1, 0.15) is 25.6 Å². The molecular formula is C20H21NO4.